The van der Waals surface area contributed by atoms with Crippen LogP contribution in [-0.4, -0.2) is 37.0 Å². The van der Waals surface area contributed by atoms with Gasteiger partial charge in [0, 0.05) is 7.05 Å². The van der Waals surface area contributed by atoms with Gasteiger partial charge >= 0.3 is 0 Å². The van der Waals surface area contributed by atoms with Crippen LogP contribution in [0, 0.1) is 0 Å². The highest BCUT2D eigenvalue weighted by Crippen LogP contribution is 2.16. The SMILES string of the molecule is CCCN1CCCC1C(=O)NC. The molecule has 3 nitrogen and oxygen atoms in total. The Morgan fingerprint density at radius 3 is 3.00 bits per heavy atom. The molecule has 1 fully saturated rings. The van der Waals surface area contributed by atoms with Gasteiger partial charge in [-0.2, -0.15) is 0 Å². The Bertz CT molecular complexity index is 159. The van der Waals surface area contributed by atoms with Crippen molar-refractivity contribution in [2.75, 3.05) is 20.1 Å². The topological polar surface area (TPSA) is 32.3 Å². The molecule has 0 radical (unpaired) electrons. The lowest BCUT2D eigenvalue weighted by Crippen LogP contribution is -2.42. The van der Waals surface area contributed by atoms with Crippen LogP contribution in [0.15, 0.2) is 0 Å². The number of rotatable bonds is 3. The first-order valence-electron chi connectivity index (χ1n) is 4.75. The Balaban J connectivity index is 2.45. The number of amides is 1. The zero-order valence-electron chi connectivity index (χ0n) is 7.97. The Morgan fingerprint density at radius 2 is 2.42 bits per heavy atom. The van der Waals surface area contributed by atoms with Crippen LogP contribution >= 0.6 is 0 Å². The van der Waals surface area contributed by atoms with E-state index < -0.39 is 0 Å². The molecule has 0 aromatic rings. The summed E-state index contributed by atoms with van der Waals surface area (Å²) in [6.45, 7) is 4.29. The molecule has 1 aliphatic heterocycles. The lowest BCUT2D eigenvalue weighted by molar-refractivity contribution is -0.124. The van der Waals surface area contributed by atoms with Gasteiger partial charge in [0.2, 0.25) is 5.91 Å². The van der Waals surface area contributed by atoms with E-state index >= 15 is 0 Å². The van der Waals surface area contributed by atoms with E-state index in [1.54, 1.807) is 7.05 Å². The van der Waals surface area contributed by atoms with Crippen LogP contribution in [0.1, 0.15) is 26.2 Å². The van der Waals surface area contributed by atoms with Crippen molar-refractivity contribution in [3.05, 3.63) is 0 Å². The van der Waals surface area contributed by atoms with Crippen LogP contribution in [0.2, 0.25) is 0 Å². The molecular formula is C9H18N2O. The molecule has 0 bridgehead atoms. The van der Waals surface area contributed by atoms with Crippen molar-refractivity contribution in [2.45, 2.75) is 32.2 Å². The minimum absolute atomic E-state index is 0.148. The maximum atomic E-state index is 11.3. The predicted octanol–water partition coefficient (Wildman–Crippen LogP) is 0.607. The van der Waals surface area contributed by atoms with Crippen molar-refractivity contribution in [3.63, 3.8) is 0 Å². The van der Waals surface area contributed by atoms with Gasteiger partial charge in [-0.05, 0) is 32.4 Å². The molecule has 1 unspecified atom stereocenters. The van der Waals surface area contributed by atoms with E-state index in [2.05, 4.69) is 17.1 Å². The van der Waals surface area contributed by atoms with Gasteiger partial charge in [-0.3, -0.25) is 9.69 Å². The highest BCUT2D eigenvalue weighted by Gasteiger charge is 2.28. The lowest BCUT2D eigenvalue weighted by atomic mass is 10.2. The van der Waals surface area contributed by atoms with Crippen molar-refractivity contribution in [1.82, 2.24) is 10.2 Å². The molecule has 0 aromatic carbocycles. The third-order valence-corrected chi connectivity index (χ3v) is 2.42. The van der Waals surface area contributed by atoms with E-state index in [1.165, 1.54) is 0 Å². The van der Waals surface area contributed by atoms with E-state index in [0.717, 1.165) is 32.4 Å². The molecule has 1 amide bonds. The fourth-order valence-electron chi connectivity index (χ4n) is 1.84. The molecule has 1 saturated heterocycles. The number of likely N-dealkylation sites (tertiary alicyclic amines) is 1. The summed E-state index contributed by atoms with van der Waals surface area (Å²) in [5.41, 5.74) is 0. The van der Waals surface area contributed by atoms with Gasteiger partial charge < -0.3 is 5.32 Å². The minimum Gasteiger partial charge on any atom is -0.358 e. The van der Waals surface area contributed by atoms with Crippen molar-refractivity contribution in [3.8, 4) is 0 Å². The fourth-order valence-corrected chi connectivity index (χ4v) is 1.84. The Morgan fingerprint density at radius 1 is 1.67 bits per heavy atom. The predicted molar refractivity (Wildman–Crippen MR) is 49.0 cm³/mol. The van der Waals surface area contributed by atoms with E-state index in [0.29, 0.717) is 0 Å². The van der Waals surface area contributed by atoms with Crippen molar-refractivity contribution < 1.29 is 4.79 Å². The summed E-state index contributed by atoms with van der Waals surface area (Å²) in [6.07, 6.45) is 3.32. The molecule has 12 heavy (non-hydrogen) atoms. The van der Waals surface area contributed by atoms with Crippen LogP contribution in [0.25, 0.3) is 0 Å². The smallest absolute Gasteiger partial charge is 0.237 e. The van der Waals surface area contributed by atoms with Crippen molar-refractivity contribution in [1.29, 1.82) is 0 Å². The van der Waals surface area contributed by atoms with Crippen LogP contribution in [0.3, 0.4) is 0 Å². The summed E-state index contributed by atoms with van der Waals surface area (Å²) in [6, 6.07) is 0.148. The number of carbonyl (C=O) groups is 1. The third-order valence-electron chi connectivity index (χ3n) is 2.42. The number of likely N-dealkylation sites (N-methyl/N-ethyl adjacent to an activating group) is 1. The largest absolute Gasteiger partial charge is 0.358 e. The Hall–Kier alpha value is -0.570. The molecule has 1 rings (SSSR count). The lowest BCUT2D eigenvalue weighted by Gasteiger charge is -2.21. The molecule has 0 saturated carbocycles. The van der Waals surface area contributed by atoms with E-state index in [-0.39, 0.29) is 11.9 Å². The van der Waals surface area contributed by atoms with Gasteiger partial charge in [-0.25, -0.2) is 0 Å². The molecule has 0 aromatic heterocycles. The molecular weight excluding hydrogens is 152 g/mol. The zero-order valence-corrected chi connectivity index (χ0v) is 7.97. The normalized spacial score (nSPS) is 24.3. The molecule has 70 valence electrons. The summed E-state index contributed by atoms with van der Waals surface area (Å²) in [7, 11) is 1.71. The van der Waals surface area contributed by atoms with Gasteiger partial charge in [-0.15, -0.1) is 0 Å². The monoisotopic (exact) mass is 170 g/mol. The first-order chi connectivity index (χ1) is 5.79. The number of hydrogen-bond donors (Lipinski definition) is 1. The summed E-state index contributed by atoms with van der Waals surface area (Å²) in [4.78, 5) is 13.6. The van der Waals surface area contributed by atoms with Crippen LogP contribution < -0.4 is 5.32 Å². The second-order valence-corrected chi connectivity index (χ2v) is 3.31. The zero-order chi connectivity index (χ0) is 8.97. The molecule has 0 spiro atoms. The van der Waals surface area contributed by atoms with E-state index in [1.807, 2.05) is 0 Å². The van der Waals surface area contributed by atoms with Gasteiger partial charge in [0.05, 0.1) is 6.04 Å². The maximum Gasteiger partial charge on any atom is 0.237 e. The number of carbonyl (C=O) groups excluding carboxylic acids is 1. The second kappa shape index (κ2) is 4.45. The molecule has 1 heterocycles. The number of nitrogens with one attached hydrogen (secondary N) is 1. The summed E-state index contributed by atoms with van der Waals surface area (Å²) in [5.74, 6) is 0.181. The quantitative estimate of drug-likeness (QED) is 0.673. The highest BCUT2D eigenvalue weighted by molar-refractivity contribution is 5.81. The second-order valence-electron chi connectivity index (χ2n) is 3.31. The Labute approximate surface area is 74.1 Å². The number of nitrogens with zero attached hydrogens (tertiary/aromatic N) is 1. The molecule has 0 aliphatic carbocycles. The molecule has 1 N–H and O–H groups in total. The maximum absolute atomic E-state index is 11.3. The van der Waals surface area contributed by atoms with E-state index in [9.17, 15) is 4.79 Å². The van der Waals surface area contributed by atoms with Crippen LogP contribution in [0.4, 0.5) is 0 Å². The minimum atomic E-state index is 0.148. The van der Waals surface area contributed by atoms with Gasteiger partial charge in [0.15, 0.2) is 0 Å². The van der Waals surface area contributed by atoms with Crippen molar-refractivity contribution >= 4 is 5.91 Å². The highest BCUT2D eigenvalue weighted by atomic mass is 16.2. The Kier molecular flexibility index (Phi) is 3.53. The van der Waals surface area contributed by atoms with Crippen LogP contribution in [0.5, 0.6) is 0 Å². The van der Waals surface area contributed by atoms with Gasteiger partial charge in [0.1, 0.15) is 0 Å². The molecule has 3 heteroatoms. The standard InChI is InChI=1S/C9H18N2O/c1-3-6-11-7-4-5-8(11)9(12)10-2/h8H,3-7H2,1-2H3,(H,10,12). The fraction of sp³-hybridized carbons (Fsp3) is 0.889. The van der Waals surface area contributed by atoms with E-state index in [4.69, 9.17) is 0 Å². The van der Waals surface area contributed by atoms with Gasteiger partial charge in [-0.1, -0.05) is 6.92 Å². The molecule has 1 atom stereocenters. The summed E-state index contributed by atoms with van der Waals surface area (Å²) >= 11 is 0. The average Bonchev–Trinajstić information content (AvgIpc) is 2.52. The molecule has 1 aliphatic rings. The summed E-state index contributed by atoms with van der Waals surface area (Å²) < 4.78 is 0. The summed E-state index contributed by atoms with van der Waals surface area (Å²) in [5, 5.41) is 2.71. The van der Waals surface area contributed by atoms with Crippen molar-refractivity contribution in [2.24, 2.45) is 0 Å². The first-order valence-corrected chi connectivity index (χ1v) is 4.75. The average molecular weight is 170 g/mol. The third kappa shape index (κ3) is 1.97. The first kappa shape index (κ1) is 9.52. The van der Waals surface area contributed by atoms with Crippen LogP contribution in [-0.2, 0) is 4.79 Å². The number of hydrogen-bond acceptors (Lipinski definition) is 2. The van der Waals surface area contributed by atoms with Gasteiger partial charge in [0.25, 0.3) is 0 Å².